The predicted octanol–water partition coefficient (Wildman–Crippen LogP) is 2.33. The van der Waals surface area contributed by atoms with Crippen molar-refractivity contribution in [2.45, 2.75) is 26.9 Å². The van der Waals surface area contributed by atoms with E-state index in [2.05, 4.69) is 10.1 Å². The molecule has 9 nitrogen and oxygen atoms in total. The first-order valence-electron chi connectivity index (χ1n) is 8.83. The van der Waals surface area contributed by atoms with Crippen molar-refractivity contribution in [1.82, 2.24) is 15.0 Å². The third-order valence-corrected chi connectivity index (χ3v) is 4.79. The summed E-state index contributed by atoms with van der Waals surface area (Å²) in [5.74, 6) is 0.000827. The molecule has 0 bridgehead atoms. The molecule has 4 rings (SSSR count). The number of nitrogens with zero attached hydrogens (tertiary/aromatic N) is 3. The van der Waals surface area contributed by atoms with Gasteiger partial charge >= 0.3 is 5.97 Å². The van der Waals surface area contributed by atoms with Gasteiger partial charge < -0.3 is 23.7 Å². The maximum absolute atomic E-state index is 13.3. The lowest BCUT2D eigenvalue weighted by Gasteiger charge is -2.31. The Kier molecular flexibility index (Phi) is 4.38. The molecule has 0 aromatic carbocycles. The summed E-state index contributed by atoms with van der Waals surface area (Å²) in [6.45, 7) is 5.82. The van der Waals surface area contributed by atoms with E-state index in [1.807, 2.05) is 19.9 Å². The molecule has 1 aliphatic rings. The number of amides is 1. The molecule has 1 unspecified atom stereocenters. The molecule has 1 amide bonds. The van der Waals surface area contributed by atoms with Crippen LogP contribution in [-0.2, 0) is 9.53 Å². The zero-order chi connectivity index (χ0) is 20.0. The second-order valence-electron chi connectivity index (χ2n) is 6.78. The van der Waals surface area contributed by atoms with Gasteiger partial charge in [-0.1, -0.05) is 5.16 Å². The molecule has 4 heterocycles. The number of aryl methyl sites for hydroxylation is 3. The molecule has 1 N–H and O–H groups in total. The number of aliphatic carboxylic acids is 1. The summed E-state index contributed by atoms with van der Waals surface area (Å²) >= 11 is 0. The van der Waals surface area contributed by atoms with Gasteiger partial charge in [0.25, 0.3) is 11.6 Å². The van der Waals surface area contributed by atoms with Gasteiger partial charge in [0.05, 0.1) is 35.5 Å². The summed E-state index contributed by atoms with van der Waals surface area (Å²) in [5, 5.41) is 13.7. The minimum Gasteiger partial charge on any atom is -0.479 e. The molecule has 9 heteroatoms. The summed E-state index contributed by atoms with van der Waals surface area (Å²) in [5.41, 5.74) is 2.44. The van der Waals surface area contributed by atoms with Crippen LogP contribution in [-0.4, -0.2) is 57.8 Å². The molecule has 0 saturated carbocycles. The third kappa shape index (κ3) is 3.03. The van der Waals surface area contributed by atoms with Crippen molar-refractivity contribution in [2.24, 2.45) is 0 Å². The molecule has 1 aliphatic heterocycles. The Bertz CT molecular complexity index is 1080. The molecule has 28 heavy (non-hydrogen) atoms. The van der Waals surface area contributed by atoms with Crippen LogP contribution in [0.15, 0.2) is 21.1 Å². The molecule has 3 aromatic rings. The number of carboxylic acid groups (broad SMARTS) is 1. The second-order valence-corrected chi connectivity index (χ2v) is 6.78. The van der Waals surface area contributed by atoms with Gasteiger partial charge in [0.1, 0.15) is 11.5 Å². The topological polar surface area (TPSA) is 119 Å². The zero-order valence-electron chi connectivity index (χ0n) is 15.7. The van der Waals surface area contributed by atoms with E-state index in [0.717, 1.165) is 11.3 Å². The minimum atomic E-state index is -1.09. The average molecular weight is 385 g/mol. The number of pyridine rings is 1. The van der Waals surface area contributed by atoms with E-state index in [0.29, 0.717) is 34.6 Å². The third-order valence-electron chi connectivity index (χ3n) is 4.79. The molecule has 0 spiro atoms. The number of carbonyl (C=O) groups is 2. The van der Waals surface area contributed by atoms with Gasteiger partial charge in [0.2, 0.25) is 0 Å². The lowest BCUT2D eigenvalue weighted by Crippen LogP contribution is -2.48. The fraction of sp³-hybridized carbons (Fsp3) is 0.368. The second kappa shape index (κ2) is 6.75. The van der Waals surface area contributed by atoms with Gasteiger partial charge in [-0.15, -0.1) is 0 Å². The predicted molar refractivity (Wildman–Crippen MR) is 97.0 cm³/mol. The number of furan rings is 1. The van der Waals surface area contributed by atoms with E-state index in [9.17, 15) is 14.7 Å². The number of rotatable bonds is 3. The first-order chi connectivity index (χ1) is 13.3. The number of hydrogen-bond acceptors (Lipinski definition) is 7. The Morgan fingerprint density at radius 1 is 1.25 bits per heavy atom. The Morgan fingerprint density at radius 3 is 2.71 bits per heavy atom. The number of ether oxygens (including phenoxy) is 1. The molecule has 1 fully saturated rings. The summed E-state index contributed by atoms with van der Waals surface area (Å²) < 4.78 is 16.1. The minimum absolute atomic E-state index is 0.0263. The molecule has 1 atom stereocenters. The van der Waals surface area contributed by atoms with Gasteiger partial charge in [-0.05, 0) is 32.9 Å². The first-order valence-corrected chi connectivity index (χ1v) is 8.83. The fourth-order valence-corrected chi connectivity index (χ4v) is 3.44. The van der Waals surface area contributed by atoms with E-state index < -0.39 is 12.1 Å². The lowest BCUT2D eigenvalue weighted by molar-refractivity contribution is -0.154. The van der Waals surface area contributed by atoms with E-state index in [-0.39, 0.29) is 24.8 Å². The van der Waals surface area contributed by atoms with Crippen molar-refractivity contribution in [3.05, 3.63) is 34.9 Å². The van der Waals surface area contributed by atoms with E-state index in [1.54, 1.807) is 13.0 Å². The van der Waals surface area contributed by atoms with Crippen LogP contribution < -0.4 is 0 Å². The highest BCUT2D eigenvalue weighted by Gasteiger charge is 2.31. The lowest BCUT2D eigenvalue weighted by atomic mass is 10.0. The number of morpholine rings is 1. The van der Waals surface area contributed by atoms with Crippen LogP contribution in [0.2, 0.25) is 0 Å². The normalized spacial score (nSPS) is 17.2. The summed E-state index contributed by atoms with van der Waals surface area (Å²) in [6, 6.07) is 3.52. The van der Waals surface area contributed by atoms with Crippen LogP contribution in [0.4, 0.5) is 0 Å². The van der Waals surface area contributed by atoms with Crippen molar-refractivity contribution >= 4 is 23.0 Å². The van der Waals surface area contributed by atoms with Gasteiger partial charge in [0.15, 0.2) is 6.10 Å². The van der Waals surface area contributed by atoms with Crippen molar-refractivity contribution in [3.63, 3.8) is 0 Å². The van der Waals surface area contributed by atoms with Gasteiger partial charge in [-0.2, -0.15) is 0 Å². The number of carbonyl (C=O) groups excluding carboxylic acids is 1. The van der Waals surface area contributed by atoms with Crippen LogP contribution in [0.25, 0.3) is 22.4 Å². The van der Waals surface area contributed by atoms with Gasteiger partial charge in [-0.25, -0.2) is 9.78 Å². The van der Waals surface area contributed by atoms with Gasteiger partial charge in [-0.3, -0.25) is 4.79 Å². The van der Waals surface area contributed by atoms with Gasteiger partial charge in [0, 0.05) is 12.1 Å². The van der Waals surface area contributed by atoms with E-state index in [1.165, 1.54) is 4.90 Å². The monoisotopic (exact) mass is 385 g/mol. The quantitative estimate of drug-likeness (QED) is 0.730. The van der Waals surface area contributed by atoms with Crippen molar-refractivity contribution in [2.75, 3.05) is 19.7 Å². The largest absolute Gasteiger partial charge is 0.479 e. The maximum Gasteiger partial charge on any atom is 0.334 e. The number of hydrogen-bond donors (Lipinski definition) is 1. The summed E-state index contributed by atoms with van der Waals surface area (Å²) in [4.78, 5) is 30.5. The molecule has 1 saturated heterocycles. The molecular weight excluding hydrogens is 366 g/mol. The highest BCUT2D eigenvalue weighted by atomic mass is 16.5. The highest BCUT2D eigenvalue weighted by molar-refractivity contribution is 6.07. The SMILES string of the molecule is Cc1cc(-c2cc(C(=O)N3CCOC(C(=O)O)C3)c3c(C)noc3n2)c(C)o1. The van der Waals surface area contributed by atoms with Crippen LogP contribution in [0, 0.1) is 20.8 Å². The first kappa shape index (κ1) is 18.2. The highest BCUT2D eigenvalue weighted by Crippen LogP contribution is 2.31. The number of aromatic nitrogens is 2. The van der Waals surface area contributed by atoms with E-state index in [4.69, 9.17) is 13.7 Å². The average Bonchev–Trinajstić information content (AvgIpc) is 3.22. The molecule has 0 aliphatic carbocycles. The van der Waals surface area contributed by atoms with Crippen molar-refractivity contribution < 1.29 is 28.4 Å². The molecule has 3 aromatic heterocycles. The van der Waals surface area contributed by atoms with Crippen LogP contribution in [0.5, 0.6) is 0 Å². The number of carboxylic acids is 1. The smallest absolute Gasteiger partial charge is 0.334 e. The molecular formula is C19H19N3O6. The van der Waals surface area contributed by atoms with E-state index >= 15 is 0 Å². The number of fused-ring (bicyclic) bond motifs is 1. The Hall–Kier alpha value is -3.20. The zero-order valence-corrected chi connectivity index (χ0v) is 15.7. The summed E-state index contributed by atoms with van der Waals surface area (Å²) in [6.07, 6.45) is -1.04. The molecule has 0 radical (unpaired) electrons. The maximum atomic E-state index is 13.3. The molecule has 146 valence electrons. The van der Waals surface area contributed by atoms with Crippen molar-refractivity contribution in [1.29, 1.82) is 0 Å². The standard InChI is InChI=1S/C19H19N3O6/c1-9-6-12(11(3)27-9)14-7-13(16-10(2)21-28-17(16)20-14)18(23)22-4-5-26-15(8-22)19(24)25/h6-7,15H,4-5,8H2,1-3H3,(H,24,25). The Morgan fingerprint density at radius 2 is 2.04 bits per heavy atom. The van der Waals surface area contributed by atoms with Crippen LogP contribution >= 0.6 is 0 Å². The van der Waals surface area contributed by atoms with Crippen LogP contribution in [0.3, 0.4) is 0 Å². The van der Waals surface area contributed by atoms with Crippen molar-refractivity contribution in [3.8, 4) is 11.3 Å². The fourth-order valence-electron chi connectivity index (χ4n) is 3.44. The Labute approximate surface area is 159 Å². The van der Waals surface area contributed by atoms with Crippen LogP contribution in [0.1, 0.15) is 27.6 Å². The Balaban J connectivity index is 1.81. The summed E-state index contributed by atoms with van der Waals surface area (Å²) in [7, 11) is 0.